The summed E-state index contributed by atoms with van der Waals surface area (Å²) in [7, 11) is -10.5. The highest BCUT2D eigenvalue weighted by Crippen LogP contribution is 2.59. The average Bonchev–Trinajstić information content (AvgIpc) is 3.25. The first-order valence-electron chi connectivity index (χ1n) is 9.47. The van der Waals surface area contributed by atoms with Crippen LogP contribution >= 0.6 is 26.5 Å². The molecule has 34 heavy (non-hydrogen) atoms. The van der Waals surface area contributed by atoms with Crippen LogP contribution in [0.15, 0.2) is 60.1 Å². The monoisotopic (exact) mass is 521 g/mol. The second-order valence-electron chi connectivity index (χ2n) is 6.98. The van der Waals surface area contributed by atoms with Crippen molar-refractivity contribution in [1.82, 2.24) is 15.0 Å². The molecule has 0 aliphatic carbocycles. The number of rotatable bonds is 7. The van der Waals surface area contributed by atoms with Crippen molar-refractivity contribution >= 4 is 54.2 Å². The molecule has 0 radical (unpaired) electrons. The minimum Gasteiger partial charge on any atom is -0.346 e. The van der Waals surface area contributed by atoms with Crippen molar-refractivity contribution < 1.29 is 33.5 Å². The lowest BCUT2D eigenvalue weighted by Gasteiger charge is -2.21. The molecular weight excluding hydrogens is 504 g/mol. The van der Waals surface area contributed by atoms with E-state index < -0.39 is 26.6 Å². The van der Waals surface area contributed by atoms with E-state index in [1.54, 1.807) is 53.9 Å². The zero-order valence-corrected chi connectivity index (χ0v) is 19.6. The number of nitrogens with zero attached hydrogens (tertiary/aromatic N) is 3. The number of pyridine rings is 1. The van der Waals surface area contributed by atoms with Crippen molar-refractivity contribution in [2.24, 2.45) is 0 Å². The van der Waals surface area contributed by atoms with Crippen LogP contribution in [0, 0.1) is 0 Å². The van der Waals surface area contributed by atoms with Gasteiger partial charge in [0, 0.05) is 17.4 Å². The van der Waals surface area contributed by atoms with Crippen LogP contribution in [-0.2, 0) is 9.13 Å². The predicted octanol–water partition coefficient (Wildman–Crippen LogP) is 3.06. The Morgan fingerprint density at radius 3 is 2.41 bits per heavy atom. The average molecular weight is 521 g/mol. The number of thiophene rings is 1. The molecule has 3 aromatic heterocycles. The molecule has 15 heteroatoms. The van der Waals surface area contributed by atoms with Crippen LogP contribution in [0.3, 0.4) is 0 Å². The molecule has 6 N–H and O–H groups in total. The summed E-state index contributed by atoms with van der Waals surface area (Å²) in [4.78, 5) is 63.4. The number of aromatic nitrogens is 3. The van der Waals surface area contributed by atoms with E-state index in [9.17, 15) is 33.5 Å². The van der Waals surface area contributed by atoms with Crippen LogP contribution in [0.25, 0.3) is 21.6 Å². The summed E-state index contributed by atoms with van der Waals surface area (Å²) in [5, 5.41) is 6.92. The smallest absolute Gasteiger partial charge is 0.346 e. The Labute approximate surface area is 196 Å². The predicted molar refractivity (Wildman–Crippen MR) is 127 cm³/mol. The van der Waals surface area contributed by atoms with Crippen LogP contribution in [-0.4, -0.2) is 46.0 Å². The van der Waals surface area contributed by atoms with Gasteiger partial charge in [-0.05, 0) is 35.7 Å². The highest BCUT2D eigenvalue weighted by molar-refractivity contribution is 7.71. The summed E-state index contributed by atoms with van der Waals surface area (Å²) in [5.74, 6) is -0.469. The third kappa shape index (κ3) is 5.37. The van der Waals surface area contributed by atoms with Gasteiger partial charge in [-0.3, -0.25) is 18.9 Å². The molecule has 0 aliphatic heterocycles. The third-order valence-corrected chi connectivity index (χ3v) is 8.65. The normalized spacial score (nSPS) is 12.1. The number of anilines is 2. The van der Waals surface area contributed by atoms with E-state index in [4.69, 9.17) is 0 Å². The van der Waals surface area contributed by atoms with Gasteiger partial charge in [-0.2, -0.15) is 0 Å². The van der Waals surface area contributed by atoms with E-state index in [0.717, 1.165) is 0 Å². The molecule has 3 heterocycles. The summed E-state index contributed by atoms with van der Waals surface area (Å²) >= 11 is 1.21. The molecule has 0 fully saturated rings. The van der Waals surface area contributed by atoms with Gasteiger partial charge < -0.3 is 30.2 Å². The summed E-state index contributed by atoms with van der Waals surface area (Å²) < 4.78 is 23.5. The number of amides is 1. The lowest BCUT2D eigenvalue weighted by molar-refractivity contribution is 0.102. The maximum Gasteiger partial charge on any atom is 0.360 e. The van der Waals surface area contributed by atoms with Gasteiger partial charge in [-0.25, -0.2) is 9.97 Å². The first kappa shape index (κ1) is 24.1. The standard InChI is InChI=1S/C19H17N5O7P2S/c25-17(14-6-1-2-8-20-14)21-12-5-3-4-11(10-12)15-22-16(13-7-9-34-18(13)23-15)24-19(32(26,27)28)33(29,30)31/h1-10,19H,(H,21,25)(H,22,23,24)(H2,26,27,28)(H2,29,30,31). The molecule has 12 nitrogen and oxygen atoms in total. The quantitative estimate of drug-likeness (QED) is 0.196. The minimum absolute atomic E-state index is 0.113. The first-order valence-corrected chi connectivity index (χ1v) is 13.7. The Balaban J connectivity index is 1.71. The first-order chi connectivity index (χ1) is 16.0. The number of hydrogen-bond acceptors (Lipinski definition) is 8. The van der Waals surface area contributed by atoms with Crippen molar-refractivity contribution in [3.8, 4) is 11.4 Å². The zero-order chi connectivity index (χ0) is 24.5. The molecule has 176 valence electrons. The maximum absolute atomic E-state index is 12.4. The third-order valence-electron chi connectivity index (χ3n) is 4.50. The second-order valence-corrected chi connectivity index (χ2v) is 11.7. The van der Waals surface area contributed by atoms with Gasteiger partial charge in [-0.15, -0.1) is 11.3 Å². The van der Waals surface area contributed by atoms with Crippen LogP contribution in [0.4, 0.5) is 11.5 Å². The van der Waals surface area contributed by atoms with E-state index in [1.807, 2.05) is 0 Å². The fraction of sp³-hybridized carbons (Fsp3) is 0.0526. The Hall–Kier alpha value is -3.02. The molecule has 4 rings (SSSR count). The molecule has 0 aliphatic rings. The van der Waals surface area contributed by atoms with Crippen molar-refractivity contribution in [2.45, 2.75) is 5.52 Å². The molecule has 0 atom stereocenters. The van der Waals surface area contributed by atoms with Gasteiger partial charge >= 0.3 is 15.2 Å². The summed E-state index contributed by atoms with van der Waals surface area (Å²) in [6, 6.07) is 13.0. The van der Waals surface area contributed by atoms with E-state index in [1.165, 1.54) is 17.5 Å². The largest absolute Gasteiger partial charge is 0.360 e. The molecule has 1 amide bonds. The minimum atomic E-state index is -5.25. The van der Waals surface area contributed by atoms with Crippen molar-refractivity contribution in [3.63, 3.8) is 0 Å². The molecule has 0 saturated carbocycles. The van der Waals surface area contributed by atoms with Crippen molar-refractivity contribution in [2.75, 3.05) is 10.6 Å². The van der Waals surface area contributed by atoms with Crippen LogP contribution in [0.1, 0.15) is 10.5 Å². The number of carbonyl (C=O) groups is 1. The highest BCUT2D eigenvalue weighted by Gasteiger charge is 2.44. The van der Waals surface area contributed by atoms with E-state index in [0.29, 0.717) is 21.5 Å². The molecule has 4 aromatic rings. The van der Waals surface area contributed by atoms with Gasteiger partial charge in [0.05, 0.1) is 5.39 Å². The fourth-order valence-corrected chi connectivity index (χ4v) is 5.92. The van der Waals surface area contributed by atoms with Crippen LogP contribution in [0.5, 0.6) is 0 Å². The Kier molecular flexibility index (Phi) is 6.61. The Morgan fingerprint density at radius 1 is 0.971 bits per heavy atom. The highest BCUT2D eigenvalue weighted by atomic mass is 32.1. The van der Waals surface area contributed by atoms with Crippen molar-refractivity contribution in [1.29, 1.82) is 0 Å². The van der Waals surface area contributed by atoms with Gasteiger partial charge in [0.25, 0.3) is 5.91 Å². The fourth-order valence-electron chi connectivity index (χ4n) is 3.01. The number of fused-ring (bicyclic) bond motifs is 1. The molecular formula is C19H17N5O7P2S. The van der Waals surface area contributed by atoms with E-state index in [-0.39, 0.29) is 17.3 Å². The number of nitrogens with one attached hydrogen (secondary N) is 2. The van der Waals surface area contributed by atoms with Gasteiger partial charge in [0.1, 0.15) is 16.3 Å². The van der Waals surface area contributed by atoms with E-state index in [2.05, 4.69) is 25.6 Å². The maximum atomic E-state index is 12.4. The molecule has 0 unspecified atom stereocenters. The van der Waals surface area contributed by atoms with E-state index >= 15 is 0 Å². The summed E-state index contributed by atoms with van der Waals surface area (Å²) in [6.45, 7) is 0. The van der Waals surface area contributed by atoms with Gasteiger partial charge in [0.2, 0.25) is 5.52 Å². The lowest BCUT2D eigenvalue weighted by Crippen LogP contribution is -2.21. The zero-order valence-electron chi connectivity index (χ0n) is 17.0. The topological polar surface area (TPSA) is 195 Å². The summed E-state index contributed by atoms with van der Waals surface area (Å²) in [6.07, 6.45) is 1.49. The molecule has 1 aromatic carbocycles. The Morgan fingerprint density at radius 2 is 1.74 bits per heavy atom. The number of benzene rings is 1. The number of carbonyl (C=O) groups excluding carboxylic acids is 1. The molecule has 0 saturated heterocycles. The van der Waals surface area contributed by atoms with Crippen LogP contribution in [0.2, 0.25) is 0 Å². The Bertz CT molecular complexity index is 1430. The lowest BCUT2D eigenvalue weighted by atomic mass is 10.1. The van der Waals surface area contributed by atoms with Gasteiger partial charge in [-0.1, -0.05) is 18.2 Å². The van der Waals surface area contributed by atoms with Crippen LogP contribution < -0.4 is 10.6 Å². The second kappa shape index (κ2) is 9.32. The summed E-state index contributed by atoms with van der Waals surface area (Å²) in [5.41, 5.74) is -1.40. The SMILES string of the molecule is O=C(Nc1cccc(-c2nc(NC(P(=O)(O)O)P(=O)(O)O)c3ccsc3n2)c1)c1ccccn1. The number of hydrogen-bond donors (Lipinski definition) is 6. The van der Waals surface area contributed by atoms with Crippen molar-refractivity contribution in [3.05, 3.63) is 65.8 Å². The van der Waals surface area contributed by atoms with Gasteiger partial charge in [0.15, 0.2) is 5.82 Å². The molecule has 0 bridgehead atoms. The molecule has 0 spiro atoms.